The lowest BCUT2D eigenvalue weighted by Gasteiger charge is -2.04. The third kappa shape index (κ3) is 4.16. The Bertz CT molecular complexity index is 570. The lowest BCUT2D eigenvalue weighted by Crippen LogP contribution is -1.99. The number of hydrogen-bond acceptors (Lipinski definition) is 7. The van der Waals surface area contributed by atoms with Gasteiger partial charge < -0.3 is 19.6 Å². The topological polar surface area (TPSA) is 97.5 Å². The van der Waals surface area contributed by atoms with Crippen LogP contribution >= 0.6 is 11.8 Å². The van der Waals surface area contributed by atoms with Crippen LogP contribution in [-0.2, 0) is 11.3 Å². The zero-order valence-corrected chi connectivity index (χ0v) is 11.5. The molecule has 8 heteroatoms. The van der Waals surface area contributed by atoms with Crippen molar-refractivity contribution in [1.82, 2.24) is 10.2 Å². The number of nitrogens with one attached hydrogen (secondary N) is 1. The van der Waals surface area contributed by atoms with Gasteiger partial charge >= 0.3 is 5.97 Å². The van der Waals surface area contributed by atoms with Crippen molar-refractivity contribution in [2.45, 2.75) is 11.8 Å². The van der Waals surface area contributed by atoms with Crippen molar-refractivity contribution in [1.29, 1.82) is 0 Å². The van der Waals surface area contributed by atoms with Gasteiger partial charge in [-0.3, -0.25) is 4.79 Å². The van der Waals surface area contributed by atoms with E-state index in [4.69, 9.17) is 14.3 Å². The maximum absolute atomic E-state index is 10.4. The first-order valence-corrected chi connectivity index (χ1v) is 6.71. The number of anilines is 1. The van der Waals surface area contributed by atoms with Gasteiger partial charge in [0, 0.05) is 5.69 Å². The van der Waals surface area contributed by atoms with Gasteiger partial charge in [0.15, 0.2) is 0 Å². The summed E-state index contributed by atoms with van der Waals surface area (Å²) in [5, 5.41) is 19.5. The Hall–Kier alpha value is -2.22. The van der Waals surface area contributed by atoms with Crippen molar-refractivity contribution in [2.24, 2.45) is 0 Å². The average Bonchev–Trinajstić information content (AvgIpc) is 2.91. The monoisotopic (exact) mass is 295 g/mol. The predicted molar refractivity (Wildman–Crippen MR) is 73.0 cm³/mol. The van der Waals surface area contributed by atoms with Gasteiger partial charge in [-0.25, -0.2) is 0 Å². The number of carboxylic acid groups (broad SMARTS) is 1. The molecule has 106 valence electrons. The van der Waals surface area contributed by atoms with Crippen LogP contribution in [-0.4, -0.2) is 34.1 Å². The number of nitrogens with zero attached hydrogens (tertiary/aromatic N) is 2. The number of thioether (sulfide) groups is 1. The fraction of sp³-hybridized carbons (Fsp3) is 0.250. The Morgan fingerprint density at radius 2 is 2.15 bits per heavy atom. The van der Waals surface area contributed by atoms with Crippen molar-refractivity contribution in [2.75, 3.05) is 18.2 Å². The normalized spacial score (nSPS) is 10.2. The van der Waals surface area contributed by atoms with E-state index in [1.165, 1.54) is 0 Å². The highest BCUT2D eigenvalue weighted by atomic mass is 32.2. The van der Waals surface area contributed by atoms with Crippen LogP contribution in [0, 0.1) is 0 Å². The quantitative estimate of drug-likeness (QED) is 0.747. The minimum atomic E-state index is -0.925. The highest BCUT2D eigenvalue weighted by molar-refractivity contribution is 7.99. The van der Waals surface area contributed by atoms with Crippen LogP contribution in [0.2, 0.25) is 0 Å². The van der Waals surface area contributed by atoms with Crippen molar-refractivity contribution in [3.63, 3.8) is 0 Å². The Labute approximate surface area is 119 Å². The standard InChI is InChI=1S/C12H13N3O4S/c1-18-9-4-2-8(3-5-9)13-6-10-14-15-12(19-10)20-7-11(16)17/h2-5,13H,6-7H2,1H3,(H,16,17). The molecule has 2 N–H and O–H groups in total. The van der Waals surface area contributed by atoms with Gasteiger partial charge in [0.25, 0.3) is 5.22 Å². The van der Waals surface area contributed by atoms with E-state index in [2.05, 4.69) is 15.5 Å². The summed E-state index contributed by atoms with van der Waals surface area (Å²) in [6.07, 6.45) is 0. The second-order valence-corrected chi connectivity index (χ2v) is 4.65. The minimum Gasteiger partial charge on any atom is -0.497 e. The Kier molecular flexibility index (Phi) is 4.83. The van der Waals surface area contributed by atoms with Crippen molar-refractivity contribution < 1.29 is 19.1 Å². The highest BCUT2D eigenvalue weighted by Crippen LogP contribution is 2.18. The summed E-state index contributed by atoms with van der Waals surface area (Å²) in [5.74, 6) is 0.147. The largest absolute Gasteiger partial charge is 0.497 e. The van der Waals surface area contributed by atoms with E-state index in [-0.39, 0.29) is 11.0 Å². The second kappa shape index (κ2) is 6.80. The minimum absolute atomic E-state index is 0.104. The Morgan fingerprint density at radius 3 is 2.80 bits per heavy atom. The highest BCUT2D eigenvalue weighted by Gasteiger charge is 2.08. The van der Waals surface area contributed by atoms with Crippen molar-refractivity contribution >= 4 is 23.4 Å². The van der Waals surface area contributed by atoms with Crippen LogP contribution in [0.5, 0.6) is 5.75 Å². The second-order valence-electron chi connectivity index (χ2n) is 3.73. The lowest BCUT2D eigenvalue weighted by atomic mass is 10.3. The van der Waals surface area contributed by atoms with Gasteiger partial charge in [-0.1, -0.05) is 11.8 Å². The third-order valence-corrected chi connectivity index (χ3v) is 3.10. The summed E-state index contributed by atoms with van der Waals surface area (Å²) in [6.45, 7) is 0.368. The van der Waals surface area contributed by atoms with Gasteiger partial charge in [0.05, 0.1) is 13.7 Å². The summed E-state index contributed by atoms with van der Waals surface area (Å²) in [5.41, 5.74) is 0.892. The molecule has 0 bridgehead atoms. The van der Waals surface area contributed by atoms with E-state index in [9.17, 15) is 4.79 Å². The number of ether oxygens (including phenoxy) is 1. The summed E-state index contributed by atoms with van der Waals surface area (Å²) in [7, 11) is 1.61. The Morgan fingerprint density at radius 1 is 1.40 bits per heavy atom. The van der Waals surface area contributed by atoms with Gasteiger partial charge in [-0.15, -0.1) is 10.2 Å². The molecule has 2 aromatic rings. The first-order chi connectivity index (χ1) is 9.67. The molecular weight excluding hydrogens is 282 g/mol. The number of rotatable bonds is 7. The first-order valence-electron chi connectivity index (χ1n) is 5.72. The lowest BCUT2D eigenvalue weighted by molar-refractivity contribution is -0.133. The van der Waals surface area contributed by atoms with Gasteiger partial charge in [0.2, 0.25) is 5.89 Å². The third-order valence-electron chi connectivity index (χ3n) is 2.30. The SMILES string of the molecule is COc1ccc(NCc2nnc(SCC(=O)O)o2)cc1. The van der Waals surface area contributed by atoms with Crippen LogP contribution < -0.4 is 10.1 Å². The van der Waals surface area contributed by atoms with Crippen molar-refractivity contribution in [3.05, 3.63) is 30.2 Å². The zero-order chi connectivity index (χ0) is 14.4. The molecule has 7 nitrogen and oxygen atoms in total. The molecule has 0 saturated heterocycles. The number of aromatic nitrogens is 2. The summed E-state index contributed by atoms with van der Waals surface area (Å²) in [6, 6.07) is 7.42. The summed E-state index contributed by atoms with van der Waals surface area (Å²) >= 11 is 0.992. The molecule has 0 aliphatic heterocycles. The van der Waals surface area contributed by atoms with E-state index in [0.29, 0.717) is 12.4 Å². The molecule has 0 atom stereocenters. The molecule has 1 aromatic carbocycles. The first kappa shape index (κ1) is 14.2. The number of carbonyl (C=O) groups is 1. The molecule has 20 heavy (non-hydrogen) atoms. The number of aliphatic carboxylic acids is 1. The molecular formula is C12H13N3O4S. The van der Waals surface area contributed by atoms with E-state index in [1.807, 2.05) is 24.3 Å². The molecule has 0 aliphatic rings. The number of hydrogen-bond donors (Lipinski definition) is 2. The molecule has 0 saturated carbocycles. The molecule has 0 unspecified atom stereocenters. The zero-order valence-electron chi connectivity index (χ0n) is 10.7. The van der Waals surface area contributed by atoms with Crippen LogP contribution in [0.4, 0.5) is 5.69 Å². The fourth-order valence-corrected chi connectivity index (χ4v) is 1.88. The Balaban J connectivity index is 1.85. The van der Waals surface area contributed by atoms with Gasteiger partial charge in [-0.2, -0.15) is 0 Å². The molecule has 0 amide bonds. The van der Waals surface area contributed by atoms with Gasteiger partial charge in [0.1, 0.15) is 11.5 Å². The van der Waals surface area contributed by atoms with Crippen LogP contribution in [0.3, 0.4) is 0 Å². The molecule has 2 rings (SSSR count). The molecule has 1 aromatic heterocycles. The average molecular weight is 295 g/mol. The van der Waals surface area contributed by atoms with E-state index in [1.54, 1.807) is 7.11 Å². The molecule has 0 radical (unpaired) electrons. The van der Waals surface area contributed by atoms with E-state index < -0.39 is 5.97 Å². The summed E-state index contributed by atoms with van der Waals surface area (Å²) in [4.78, 5) is 10.4. The fourth-order valence-electron chi connectivity index (χ4n) is 1.38. The number of carboxylic acids is 1. The number of methoxy groups -OCH3 is 1. The summed E-state index contributed by atoms with van der Waals surface area (Å²) < 4.78 is 10.4. The van der Waals surface area contributed by atoms with Crippen molar-refractivity contribution in [3.8, 4) is 5.75 Å². The maximum Gasteiger partial charge on any atom is 0.314 e. The van der Waals surface area contributed by atoms with Crippen LogP contribution in [0.1, 0.15) is 5.89 Å². The van der Waals surface area contributed by atoms with Crippen LogP contribution in [0.25, 0.3) is 0 Å². The predicted octanol–water partition coefficient (Wildman–Crippen LogP) is 1.87. The molecule has 0 fully saturated rings. The van der Waals surface area contributed by atoms with E-state index >= 15 is 0 Å². The van der Waals surface area contributed by atoms with Gasteiger partial charge in [-0.05, 0) is 24.3 Å². The maximum atomic E-state index is 10.4. The van der Waals surface area contributed by atoms with E-state index in [0.717, 1.165) is 23.2 Å². The molecule has 0 spiro atoms. The smallest absolute Gasteiger partial charge is 0.314 e. The molecule has 0 aliphatic carbocycles. The molecule has 1 heterocycles. The number of benzene rings is 1. The van der Waals surface area contributed by atoms with Crippen LogP contribution in [0.15, 0.2) is 33.9 Å².